The fourth-order valence-corrected chi connectivity index (χ4v) is 6.33. The molecule has 0 N–H and O–H groups in total. The second-order valence-electron chi connectivity index (χ2n) is 9.86. The minimum atomic E-state index is 0.971. The van der Waals surface area contributed by atoms with Gasteiger partial charge >= 0.3 is 0 Å². The summed E-state index contributed by atoms with van der Waals surface area (Å²) < 4.78 is 2.25. The summed E-state index contributed by atoms with van der Waals surface area (Å²) in [5.74, 6) is 0. The lowest BCUT2D eigenvalue weighted by Crippen LogP contribution is -1.94. The van der Waals surface area contributed by atoms with Crippen molar-refractivity contribution in [2.45, 2.75) is 0 Å². The molecule has 6 aromatic carbocycles. The molecule has 0 saturated heterocycles. The average molecular weight is 470 g/mol. The number of hydrogen-bond donors (Lipinski definition) is 0. The molecule has 0 amide bonds. The summed E-state index contributed by atoms with van der Waals surface area (Å²) in [6.07, 6.45) is 1.88. The van der Waals surface area contributed by atoms with Crippen LogP contribution in [0.25, 0.3) is 81.9 Å². The van der Waals surface area contributed by atoms with E-state index in [0.29, 0.717) is 0 Å². The molecule has 0 atom stereocenters. The van der Waals surface area contributed by atoms with Gasteiger partial charge in [-0.3, -0.25) is 9.38 Å². The van der Waals surface area contributed by atoms with Gasteiger partial charge in [-0.1, -0.05) is 72.8 Å². The Morgan fingerprint density at radius 3 is 2.22 bits per heavy atom. The highest BCUT2D eigenvalue weighted by Crippen LogP contribution is 2.41. The molecule has 0 spiro atoms. The molecule has 0 aliphatic heterocycles. The number of para-hydroxylation sites is 2. The standard InChI is InChI=1S/C34H19N3/c1-2-8-29-28(7-1)36-34-26-17-14-23(19-27(26)33-30(37(29)34)9-4-18-35-33)24-15-12-22-11-10-20-5-3-6-21-13-16-25(24)32(22)31(20)21/h1-19H. The predicted molar refractivity (Wildman–Crippen MR) is 155 cm³/mol. The van der Waals surface area contributed by atoms with E-state index in [1.807, 2.05) is 18.3 Å². The Morgan fingerprint density at radius 1 is 0.541 bits per heavy atom. The third kappa shape index (κ3) is 2.45. The van der Waals surface area contributed by atoms with E-state index in [-0.39, 0.29) is 0 Å². The number of hydrogen-bond acceptors (Lipinski definition) is 2. The van der Waals surface area contributed by atoms with Crippen molar-refractivity contribution >= 4 is 70.8 Å². The van der Waals surface area contributed by atoms with Gasteiger partial charge in [0.05, 0.1) is 22.1 Å². The summed E-state index contributed by atoms with van der Waals surface area (Å²) in [6, 6.07) is 39.3. The van der Waals surface area contributed by atoms with Gasteiger partial charge in [0.1, 0.15) is 5.65 Å². The van der Waals surface area contributed by atoms with Crippen LogP contribution in [0.2, 0.25) is 0 Å². The molecule has 0 aliphatic rings. The average Bonchev–Trinajstić information content (AvgIpc) is 3.36. The summed E-state index contributed by atoms with van der Waals surface area (Å²) in [7, 11) is 0. The van der Waals surface area contributed by atoms with Crippen molar-refractivity contribution in [2.24, 2.45) is 0 Å². The number of fused-ring (bicyclic) bond motifs is 8. The molecule has 0 saturated carbocycles. The van der Waals surface area contributed by atoms with Crippen LogP contribution in [0.4, 0.5) is 0 Å². The number of benzene rings is 6. The normalized spacial score (nSPS) is 12.3. The quantitative estimate of drug-likeness (QED) is 0.225. The van der Waals surface area contributed by atoms with Gasteiger partial charge < -0.3 is 0 Å². The minimum Gasteiger partial charge on any atom is -0.290 e. The molecule has 9 aromatic rings. The van der Waals surface area contributed by atoms with Crippen LogP contribution in [0.3, 0.4) is 0 Å². The summed E-state index contributed by atoms with van der Waals surface area (Å²) in [5, 5.41) is 10.1. The monoisotopic (exact) mass is 469 g/mol. The van der Waals surface area contributed by atoms with E-state index < -0.39 is 0 Å². The van der Waals surface area contributed by atoms with Crippen molar-refractivity contribution < 1.29 is 0 Å². The molecule has 0 bridgehead atoms. The van der Waals surface area contributed by atoms with E-state index in [4.69, 9.17) is 9.97 Å². The molecule has 9 rings (SSSR count). The van der Waals surface area contributed by atoms with Gasteiger partial charge in [-0.15, -0.1) is 0 Å². The molecule has 0 aliphatic carbocycles. The molecular weight excluding hydrogens is 450 g/mol. The van der Waals surface area contributed by atoms with Crippen LogP contribution < -0.4 is 0 Å². The number of nitrogens with zero attached hydrogens (tertiary/aromatic N) is 3. The van der Waals surface area contributed by atoms with Crippen molar-refractivity contribution in [3.8, 4) is 11.1 Å². The van der Waals surface area contributed by atoms with Crippen LogP contribution in [0.5, 0.6) is 0 Å². The molecule has 3 heteroatoms. The highest BCUT2D eigenvalue weighted by molar-refractivity contribution is 6.25. The fraction of sp³-hybridized carbons (Fsp3) is 0. The Kier molecular flexibility index (Phi) is 3.53. The highest BCUT2D eigenvalue weighted by atomic mass is 15.0. The van der Waals surface area contributed by atoms with Crippen LogP contribution in [-0.2, 0) is 0 Å². The van der Waals surface area contributed by atoms with E-state index in [1.54, 1.807) is 0 Å². The second-order valence-corrected chi connectivity index (χ2v) is 9.86. The first kappa shape index (κ1) is 19.2. The Balaban J connectivity index is 1.41. The summed E-state index contributed by atoms with van der Waals surface area (Å²) in [6.45, 7) is 0. The van der Waals surface area contributed by atoms with Gasteiger partial charge in [-0.25, -0.2) is 4.98 Å². The first-order valence-corrected chi connectivity index (χ1v) is 12.6. The smallest absolute Gasteiger partial charge is 0.146 e. The van der Waals surface area contributed by atoms with Crippen LogP contribution in [-0.4, -0.2) is 14.4 Å². The molecule has 37 heavy (non-hydrogen) atoms. The van der Waals surface area contributed by atoms with Gasteiger partial charge in [-0.2, -0.15) is 0 Å². The fourth-order valence-electron chi connectivity index (χ4n) is 6.33. The van der Waals surface area contributed by atoms with Gasteiger partial charge in [-0.05, 0) is 79.8 Å². The lowest BCUT2D eigenvalue weighted by molar-refractivity contribution is 1.29. The van der Waals surface area contributed by atoms with Crippen LogP contribution >= 0.6 is 0 Å². The molecule has 0 unspecified atom stereocenters. The van der Waals surface area contributed by atoms with Gasteiger partial charge in [0, 0.05) is 17.0 Å². The molecule has 3 aromatic heterocycles. The minimum absolute atomic E-state index is 0.971. The summed E-state index contributed by atoms with van der Waals surface area (Å²) >= 11 is 0. The molecule has 3 nitrogen and oxygen atoms in total. The van der Waals surface area contributed by atoms with Gasteiger partial charge in [0.2, 0.25) is 0 Å². The zero-order chi connectivity index (χ0) is 24.1. The third-order valence-corrected chi connectivity index (χ3v) is 7.94. The first-order valence-electron chi connectivity index (χ1n) is 12.6. The number of imidazole rings is 1. The number of aromatic nitrogens is 3. The second kappa shape index (κ2) is 6.80. The Labute approximate surface area is 211 Å². The van der Waals surface area contributed by atoms with Crippen molar-refractivity contribution in [3.63, 3.8) is 0 Å². The van der Waals surface area contributed by atoms with Crippen molar-refractivity contribution in [2.75, 3.05) is 0 Å². The molecule has 3 heterocycles. The summed E-state index contributed by atoms with van der Waals surface area (Å²) in [4.78, 5) is 9.90. The lowest BCUT2D eigenvalue weighted by Gasteiger charge is -2.15. The first-order chi connectivity index (χ1) is 18.3. The van der Waals surface area contributed by atoms with E-state index >= 15 is 0 Å². The van der Waals surface area contributed by atoms with E-state index in [1.165, 1.54) is 43.4 Å². The van der Waals surface area contributed by atoms with Crippen LogP contribution in [0.15, 0.2) is 115 Å². The predicted octanol–water partition coefficient (Wildman–Crippen LogP) is 8.75. The largest absolute Gasteiger partial charge is 0.290 e. The van der Waals surface area contributed by atoms with Crippen LogP contribution in [0, 0.1) is 0 Å². The Morgan fingerprint density at radius 2 is 1.30 bits per heavy atom. The zero-order valence-electron chi connectivity index (χ0n) is 19.8. The number of rotatable bonds is 1. The van der Waals surface area contributed by atoms with Crippen molar-refractivity contribution in [1.29, 1.82) is 0 Å². The van der Waals surface area contributed by atoms with Gasteiger partial charge in [0.15, 0.2) is 0 Å². The third-order valence-electron chi connectivity index (χ3n) is 7.94. The lowest BCUT2D eigenvalue weighted by atomic mass is 9.89. The van der Waals surface area contributed by atoms with E-state index in [0.717, 1.165) is 38.5 Å². The van der Waals surface area contributed by atoms with Crippen molar-refractivity contribution in [1.82, 2.24) is 14.4 Å². The molecular formula is C34H19N3. The Bertz CT molecular complexity index is 2350. The van der Waals surface area contributed by atoms with Crippen molar-refractivity contribution in [3.05, 3.63) is 115 Å². The van der Waals surface area contributed by atoms with Gasteiger partial charge in [0.25, 0.3) is 0 Å². The summed E-state index contributed by atoms with van der Waals surface area (Å²) in [5.41, 5.74) is 7.57. The van der Waals surface area contributed by atoms with Crippen LogP contribution in [0.1, 0.15) is 0 Å². The molecule has 0 radical (unpaired) electrons. The SMILES string of the molecule is c1cc2ccc3ccc(-c4ccc5c(c4)c4ncccc4n4c6ccccc6nc54)c4ccc(c1)c2c34. The van der Waals surface area contributed by atoms with E-state index in [2.05, 4.69) is 101 Å². The molecule has 0 fully saturated rings. The van der Waals surface area contributed by atoms with E-state index in [9.17, 15) is 0 Å². The maximum atomic E-state index is 5.04. The molecule has 170 valence electrons. The number of pyridine rings is 2. The zero-order valence-corrected chi connectivity index (χ0v) is 19.8. The maximum Gasteiger partial charge on any atom is 0.146 e. The Hall–Kier alpha value is -5.02. The maximum absolute atomic E-state index is 5.04. The topological polar surface area (TPSA) is 30.2 Å². The highest BCUT2D eigenvalue weighted by Gasteiger charge is 2.16.